The number of carbonyl (C=O) groups excluding carboxylic acids is 6. The van der Waals surface area contributed by atoms with Crippen LogP contribution < -0.4 is 61.5 Å². The summed E-state index contributed by atoms with van der Waals surface area (Å²) in [6.45, 7) is 11.1. The fraction of sp³-hybridized carbons (Fsp3) is 0.264. The van der Waals surface area contributed by atoms with Crippen LogP contribution in [0.1, 0.15) is 104 Å². The third-order valence-corrected chi connectivity index (χ3v) is 21.6. The molecule has 0 atom stereocenters. The van der Waals surface area contributed by atoms with Gasteiger partial charge in [-0.1, -0.05) is 74.4 Å². The Labute approximate surface area is 706 Å². The van der Waals surface area contributed by atoms with Crippen molar-refractivity contribution >= 4 is 81.2 Å². The number of urea groups is 2. The van der Waals surface area contributed by atoms with Crippen molar-refractivity contribution in [2.24, 2.45) is 0 Å². The van der Waals surface area contributed by atoms with Gasteiger partial charge in [0, 0.05) is 99.5 Å². The van der Waals surface area contributed by atoms with Crippen LogP contribution in [0.3, 0.4) is 0 Å². The number of ether oxygens (including phenoxy) is 6. The first-order chi connectivity index (χ1) is 59.9. The fourth-order valence-corrected chi connectivity index (χ4v) is 15.7. The van der Waals surface area contributed by atoms with Crippen molar-refractivity contribution in [2.75, 3.05) is 84.6 Å². The van der Waals surface area contributed by atoms with Gasteiger partial charge in [-0.05, 0) is 167 Å². The second-order valence-electron chi connectivity index (χ2n) is 29.6. The van der Waals surface area contributed by atoms with E-state index in [4.69, 9.17) is 28.4 Å². The summed E-state index contributed by atoms with van der Waals surface area (Å²) < 4.78 is 55.6. The molecule has 0 unspecified atom stereocenters. The van der Waals surface area contributed by atoms with Crippen molar-refractivity contribution in [3.05, 3.63) is 273 Å². The van der Waals surface area contributed by atoms with Crippen LogP contribution in [0.5, 0.6) is 40.2 Å². The van der Waals surface area contributed by atoms with Crippen molar-refractivity contribution in [1.29, 1.82) is 0 Å². The molecule has 0 bridgehead atoms. The number of fused-ring (bicyclic) bond motifs is 2. The molecular weight excluding hydrogens is 1570 g/mol. The maximum Gasteiger partial charge on any atom is 0.323 e. The normalized spacial score (nSPS) is 14.4. The van der Waals surface area contributed by atoms with Crippen molar-refractivity contribution in [2.45, 2.75) is 104 Å². The van der Waals surface area contributed by atoms with E-state index in [1.54, 1.807) is 125 Å². The van der Waals surface area contributed by atoms with E-state index in [1.165, 1.54) is 33.9 Å². The van der Waals surface area contributed by atoms with E-state index in [-0.39, 0.29) is 58.5 Å². The Morgan fingerprint density at radius 1 is 0.504 bits per heavy atom. The highest BCUT2D eigenvalue weighted by Crippen LogP contribution is 2.49. The van der Waals surface area contributed by atoms with E-state index in [2.05, 4.69) is 51.5 Å². The number of hydrogen-bond acceptors (Lipinski definition) is 19. The third-order valence-electron chi connectivity index (χ3n) is 21.6. The molecule has 5 N–H and O–H groups in total. The minimum absolute atomic E-state index is 0.00172. The van der Waals surface area contributed by atoms with Gasteiger partial charge in [0.05, 0.1) is 72.6 Å². The topological polar surface area (TPSA) is 346 Å². The van der Waals surface area contributed by atoms with E-state index < -0.39 is 40.2 Å². The fourth-order valence-electron chi connectivity index (χ4n) is 15.7. The van der Waals surface area contributed by atoms with Crippen molar-refractivity contribution in [1.82, 2.24) is 53.4 Å². The van der Waals surface area contributed by atoms with Gasteiger partial charge >= 0.3 is 12.1 Å². The number of likely N-dealkylation sites (tertiary alicyclic amines) is 2. The van der Waals surface area contributed by atoms with Gasteiger partial charge in [-0.15, -0.1) is 0 Å². The Morgan fingerprint density at radius 2 is 1.06 bits per heavy atom. The zero-order valence-corrected chi connectivity index (χ0v) is 68.1. The molecule has 2 saturated heterocycles. The molecule has 123 heavy (non-hydrogen) atoms. The smallest absolute Gasteiger partial charge is 0.323 e. The summed E-state index contributed by atoms with van der Waals surface area (Å²) in [5, 5.41) is 14.4. The highest BCUT2D eigenvalue weighted by atomic mass is 19.1. The molecule has 4 aliphatic heterocycles. The number of anilines is 6. The highest BCUT2D eigenvalue weighted by Gasteiger charge is 2.53. The third kappa shape index (κ3) is 18.9. The Balaban J connectivity index is 0.000000143. The largest absolute Gasteiger partial charge is 0.491 e. The van der Waals surface area contributed by atoms with Gasteiger partial charge in [0.2, 0.25) is 0 Å². The average molecular weight is 1660 g/mol. The number of hydrogen-bond donors (Lipinski definition) is 5. The number of nitrogens with one attached hydrogen (secondary N) is 5. The predicted octanol–water partition coefficient (Wildman–Crippen LogP) is 15.3. The molecule has 32 heteroatoms. The van der Waals surface area contributed by atoms with Crippen LogP contribution in [0.2, 0.25) is 0 Å². The van der Waals surface area contributed by atoms with Gasteiger partial charge in [-0.3, -0.25) is 58.6 Å². The zero-order chi connectivity index (χ0) is 85.5. The number of halogens is 1. The van der Waals surface area contributed by atoms with Crippen LogP contribution in [0, 0.1) is 12.7 Å². The second-order valence-corrected chi connectivity index (χ2v) is 29.6. The van der Waals surface area contributed by atoms with E-state index in [1.807, 2.05) is 110 Å². The number of methoxy groups -OCH3 is 1. The Kier molecular flexibility index (Phi) is 25.9. The maximum atomic E-state index is 15.2. The average Bonchev–Trinajstić information content (AvgIpc) is 1.57. The van der Waals surface area contributed by atoms with E-state index in [9.17, 15) is 38.4 Å². The summed E-state index contributed by atoms with van der Waals surface area (Å²) in [6, 6.07) is 51.8. The molecule has 1 saturated carbocycles. The lowest BCUT2D eigenvalue weighted by Gasteiger charge is -2.37. The number of nitrogens with zero attached hydrogens (tertiary/aromatic N) is 12. The molecule has 12 aromatic rings. The van der Waals surface area contributed by atoms with Gasteiger partial charge < -0.3 is 54.2 Å². The minimum atomic E-state index is -0.681. The summed E-state index contributed by atoms with van der Waals surface area (Å²) in [4.78, 5) is 132. The molecule has 0 radical (unpaired) electrons. The van der Waals surface area contributed by atoms with Gasteiger partial charge in [-0.25, -0.2) is 43.3 Å². The molecule has 1 aliphatic carbocycles. The Bertz CT molecular complexity index is 6030. The maximum absolute atomic E-state index is 15.2. The molecular formula is C91H90FN17O14. The van der Waals surface area contributed by atoms with Gasteiger partial charge in [-0.2, -0.15) is 0 Å². The molecule has 3 fully saturated rings. The Hall–Kier alpha value is -14.7. The summed E-state index contributed by atoms with van der Waals surface area (Å²) >= 11 is 0. The second kappa shape index (κ2) is 38.2. The van der Waals surface area contributed by atoms with Crippen LogP contribution >= 0.6 is 0 Å². The lowest BCUT2D eigenvalue weighted by molar-refractivity contribution is -0.119. The van der Waals surface area contributed by atoms with Crippen molar-refractivity contribution in [3.8, 4) is 51.6 Å². The molecule has 5 aliphatic rings. The monoisotopic (exact) mass is 1660 g/mol. The van der Waals surface area contributed by atoms with Crippen LogP contribution in [-0.4, -0.2) is 148 Å². The minimum Gasteiger partial charge on any atom is -0.491 e. The zero-order valence-electron chi connectivity index (χ0n) is 68.1. The summed E-state index contributed by atoms with van der Waals surface area (Å²) in [6.07, 6.45) is 16.1. The number of para-hydroxylation sites is 3. The van der Waals surface area contributed by atoms with E-state index in [0.717, 1.165) is 101 Å². The first-order valence-electron chi connectivity index (χ1n) is 40.6. The lowest BCUT2D eigenvalue weighted by atomic mass is 9.88. The SMILES string of the molecule is CC1=C(C(=O)Nc2ccc(Oc3ccnc(NC(=O)N4CCCC4)c3)cn2)C(=O)N(c2ccccc2)C12CCCC2.CCCn1c(C)c(C(=O)Nc2ccc(Oc3ccnc4cc(OCCOC)ccc34)c(F)c2)c(=O)n1-c1ccccc1.O=C(Nc1ccc(Oc2ccnc(NC(=O)N3CCCC3)c2)cn1)c1c2n(n(-c3ccccc3)c1=O)CCOC2. The summed E-state index contributed by atoms with van der Waals surface area (Å²) in [5.74, 6) is 1.55. The molecule has 11 heterocycles. The number of pyridine rings is 5. The molecule has 31 nitrogen and oxygen atoms in total. The molecule has 8 amide bonds. The van der Waals surface area contributed by atoms with Crippen LogP contribution in [0.25, 0.3) is 22.3 Å². The standard InChI is InChI=1S/C32H31FN4O5.C31H32N6O4.C28H27N7O5/c1-4-16-36-21(2)30(32(39)37(36)23-8-6-5-7-9-23)31(38)35-22-10-13-29(26(33)19-22)42-28-14-15-34-27-20-24(11-12-25(27)28)41-18-17-40-3;1-21-27(29(39)37(22-9-3-2-4-10-22)31(21)14-5-6-15-31)28(38)34-25-12-11-24(20-33-25)41-23-13-16-32-26(19-23)35-30(40)36-17-7-8-18-36;36-26(25-22-18-39-15-14-34(22)35(27(25)37)19-6-2-1-3-7-19)31-23-9-8-21(17-30-23)40-20-10-11-29-24(16-20)32-28(38)33-12-4-5-13-33/h5-15,19-20H,4,16-18H2,1-3H3,(H,35,38);2-4,9-13,16,19-20H,5-8,14-15,17-18H2,1H3,(H,32,35,40)(H,33,34,38);1-3,6-11,16-17H,4-5,12-15,18H2,(H,29,32,38)(H,30,31,36). The molecule has 7 aromatic heterocycles. The number of carbonyl (C=O) groups is 6. The molecule has 5 aromatic carbocycles. The number of rotatable bonds is 23. The predicted molar refractivity (Wildman–Crippen MR) is 459 cm³/mol. The first-order valence-corrected chi connectivity index (χ1v) is 40.6. The first kappa shape index (κ1) is 83.4. The molecule has 1 spiro atoms. The molecule has 17 rings (SSSR count). The van der Waals surface area contributed by atoms with Crippen LogP contribution in [0.15, 0.2) is 234 Å². The van der Waals surface area contributed by atoms with Gasteiger partial charge in [0.1, 0.15) is 81.1 Å². The van der Waals surface area contributed by atoms with Crippen molar-refractivity contribution < 1.29 is 61.6 Å². The quantitative estimate of drug-likeness (QED) is 0.0293. The number of amides is 8. The van der Waals surface area contributed by atoms with Crippen LogP contribution in [-0.2, 0) is 38.8 Å². The van der Waals surface area contributed by atoms with Crippen molar-refractivity contribution in [3.63, 3.8) is 0 Å². The number of aromatic nitrogens is 9. The number of benzene rings is 5. The Morgan fingerprint density at radius 3 is 1.63 bits per heavy atom. The molecule has 630 valence electrons. The lowest BCUT2D eigenvalue weighted by Crippen LogP contribution is -2.46. The van der Waals surface area contributed by atoms with E-state index in [0.29, 0.717) is 119 Å². The van der Waals surface area contributed by atoms with Crippen LogP contribution in [0.4, 0.5) is 48.6 Å². The highest BCUT2D eigenvalue weighted by molar-refractivity contribution is 6.30. The summed E-state index contributed by atoms with van der Waals surface area (Å²) in [5.41, 5.74) is 3.67. The van der Waals surface area contributed by atoms with Gasteiger partial charge in [0.15, 0.2) is 11.6 Å². The summed E-state index contributed by atoms with van der Waals surface area (Å²) in [7, 11) is 1.60. The van der Waals surface area contributed by atoms with E-state index >= 15 is 4.39 Å². The van der Waals surface area contributed by atoms with Gasteiger partial charge in [0.25, 0.3) is 34.7 Å².